The second-order valence-corrected chi connectivity index (χ2v) is 6.94. The number of halogens is 1. The summed E-state index contributed by atoms with van der Waals surface area (Å²) in [4.78, 5) is 25.5. The minimum Gasteiger partial charge on any atom is -0.496 e. The molecule has 29 heavy (non-hydrogen) atoms. The quantitative estimate of drug-likeness (QED) is 0.549. The molecule has 3 N–H and O–H groups in total. The lowest BCUT2D eigenvalue weighted by molar-refractivity contribution is -0.384. The molecule has 0 spiro atoms. The number of nitrogens with two attached hydrogens (primary N) is 1. The van der Waals surface area contributed by atoms with Crippen molar-refractivity contribution in [3.63, 3.8) is 0 Å². The van der Waals surface area contributed by atoms with E-state index in [1.165, 1.54) is 19.2 Å². The molecule has 0 saturated carbocycles. The van der Waals surface area contributed by atoms with Gasteiger partial charge >= 0.3 is 0 Å². The maximum atomic E-state index is 12.7. The minimum atomic E-state index is -0.542. The van der Waals surface area contributed by atoms with Gasteiger partial charge in [-0.05, 0) is 24.6 Å². The number of carbonyl (C=O) groups is 1. The van der Waals surface area contributed by atoms with Crippen LogP contribution in [0.4, 0.5) is 11.4 Å². The van der Waals surface area contributed by atoms with Crippen LogP contribution in [0.15, 0.2) is 48.5 Å². The van der Waals surface area contributed by atoms with Gasteiger partial charge in [0.2, 0.25) is 5.91 Å². The Balaban J connectivity index is 0.00000300. The highest BCUT2D eigenvalue weighted by Crippen LogP contribution is 2.31. The number of nitrogens with zero attached hydrogens (tertiary/aromatic N) is 2. The van der Waals surface area contributed by atoms with E-state index in [-0.39, 0.29) is 41.6 Å². The third kappa shape index (κ3) is 5.03. The number of rotatable bonds is 6. The molecule has 1 amide bonds. The number of nitro groups is 1. The molecule has 1 aliphatic heterocycles. The van der Waals surface area contributed by atoms with Crippen molar-refractivity contribution in [3.8, 4) is 5.75 Å². The number of nitro benzene ring substituents is 1. The Kier molecular flexibility index (Phi) is 7.55. The van der Waals surface area contributed by atoms with Crippen LogP contribution in [0.5, 0.6) is 5.75 Å². The lowest BCUT2D eigenvalue weighted by Gasteiger charge is -2.23. The Bertz CT molecular complexity index is 865. The zero-order valence-corrected chi connectivity index (χ0v) is 17.1. The molecule has 2 aromatic carbocycles. The van der Waals surface area contributed by atoms with Gasteiger partial charge in [-0.1, -0.05) is 30.3 Å². The van der Waals surface area contributed by atoms with Gasteiger partial charge in [0.15, 0.2) is 0 Å². The van der Waals surface area contributed by atoms with Gasteiger partial charge in [0.05, 0.1) is 24.1 Å². The van der Waals surface area contributed by atoms with Crippen LogP contribution >= 0.6 is 12.4 Å². The summed E-state index contributed by atoms with van der Waals surface area (Å²) in [6.45, 7) is 3.02. The molecule has 9 heteroatoms. The van der Waals surface area contributed by atoms with E-state index in [1.807, 2.05) is 35.2 Å². The van der Waals surface area contributed by atoms with E-state index in [9.17, 15) is 14.9 Å². The summed E-state index contributed by atoms with van der Waals surface area (Å²) in [5, 5.41) is 14.0. The van der Waals surface area contributed by atoms with Crippen molar-refractivity contribution < 1.29 is 14.5 Å². The van der Waals surface area contributed by atoms with Crippen LogP contribution in [-0.4, -0.2) is 48.0 Å². The Labute approximate surface area is 175 Å². The smallest absolute Gasteiger partial charge is 0.296 e. The maximum absolute atomic E-state index is 12.7. The first-order chi connectivity index (χ1) is 13.4. The maximum Gasteiger partial charge on any atom is 0.296 e. The Morgan fingerprint density at radius 1 is 1.28 bits per heavy atom. The molecule has 0 radical (unpaired) electrons. The highest BCUT2D eigenvalue weighted by atomic mass is 35.5. The SMILES string of the molecule is COc1ccc(NC(=O)C(C)N2C[C@@H](N)[C@H](c3ccccc3)C2)c([N+](=O)[O-])c1.Cl. The Morgan fingerprint density at radius 2 is 1.97 bits per heavy atom. The predicted octanol–water partition coefficient (Wildman–Crippen LogP) is 2.78. The molecule has 2 aromatic rings. The standard InChI is InChI=1S/C20H24N4O4.ClH/c1-13(23-11-16(17(21)12-23)14-6-4-3-5-7-14)20(25)22-18-9-8-15(28-2)10-19(18)24(26)27;/h3-10,13,16-17H,11-12,21H2,1-2H3,(H,22,25);1H/t13?,16-,17+;/m0./s1. The van der Waals surface area contributed by atoms with Crippen LogP contribution in [0.25, 0.3) is 0 Å². The predicted molar refractivity (Wildman–Crippen MR) is 114 cm³/mol. The van der Waals surface area contributed by atoms with Crippen molar-refractivity contribution in [3.05, 3.63) is 64.2 Å². The van der Waals surface area contributed by atoms with Crippen LogP contribution in [0.1, 0.15) is 18.4 Å². The van der Waals surface area contributed by atoms with Gasteiger partial charge in [0.1, 0.15) is 11.4 Å². The average molecular weight is 421 g/mol. The van der Waals surface area contributed by atoms with E-state index in [1.54, 1.807) is 13.0 Å². The molecule has 1 aliphatic rings. The van der Waals surface area contributed by atoms with Gasteiger partial charge < -0.3 is 15.8 Å². The van der Waals surface area contributed by atoms with E-state index in [2.05, 4.69) is 5.32 Å². The zero-order valence-electron chi connectivity index (χ0n) is 16.3. The first-order valence-corrected chi connectivity index (χ1v) is 9.08. The monoisotopic (exact) mass is 420 g/mol. The van der Waals surface area contributed by atoms with Gasteiger partial charge in [-0.2, -0.15) is 0 Å². The first-order valence-electron chi connectivity index (χ1n) is 9.08. The molecule has 8 nitrogen and oxygen atoms in total. The minimum absolute atomic E-state index is 0. The molecular formula is C20H25ClN4O4. The van der Waals surface area contributed by atoms with E-state index >= 15 is 0 Å². The molecule has 156 valence electrons. The molecule has 3 rings (SSSR count). The van der Waals surface area contributed by atoms with Gasteiger partial charge in [0.25, 0.3) is 5.69 Å². The van der Waals surface area contributed by atoms with Gasteiger partial charge in [-0.3, -0.25) is 19.8 Å². The number of carbonyl (C=O) groups excluding carboxylic acids is 1. The van der Waals surface area contributed by atoms with Gasteiger partial charge in [-0.25, -0.2) is 0 Å². The first kappa shape index (κ1) is 22.6. The normalized spacial score (nSPS) is 19.8. The number of amides is 1. The molecular weight excluding hydrogens is 396 g/mol. The van der Waals surface area contributed by atoms with Crippen LogP contribution < -0.4 is 15.8 Å². The van der Waals surface area contributed by atoms with Crippen LogP contribution in [0.2, 0.25) is 0 Å². The number of hydrogen-bond donors (Lipinski definition) is 2. The van der Waals surface area contributed by atoms with Gasteiger partial charge in [-0.15, -0.1) is 12.4 Å². The van der Waals surface area contributed by atoms with Gasteiger partial charge in [0, 0.05) is 25.0 Å². The number of benzene rings is 2. The number of likely N-dealkylation sites (tertiary alicyclic amines) is 1. The molecule has 0 bridgehead atoms. The fourth-order valence-electron chi connectivity index (χ4n) is 3.53. The number of methoxy groups -OCH3 is 1. The van der Waals surface area contributed by atoms with Crippen LogP contribution in [-0.2, 0) is 4.79 Å². The third-order valence-electron chi connectivity index (χ3n) is 5.21. The molecule has 1 unspecified atom stereocenters. The van der Waals surface area contributed by atoms with Crippen molar-refractivity contribution in [2.75, 3.05) is 25.5 Å². The number of ether oxygens (including phenoxy) is 1. The summed E-state index contributed by atoms with van der Waals surface area (Å²) < 4.78 is 5.02. The number of anilines is 1. The molecule has 1 fully saturated rings. The molecule has 0 aliphatic carbocycles. The fraction of sp³-hybridized carbons (Fsp3) is 0.350. The number of hydrogen-bond acceptors (Lipinski definition) is 6. The van der Waals surface area contributed by atoms with Crippen molar-refractivity contribution >= 4 is 29.7 Å². The summed E-state index contributed by atoms with van der Waals surface area (Å²) in [6.07, 6.45) is 0. The number of nitrogens with one attached hydrogen (secondary N) is 1. The third-order valence-corrected chi connectivity index (χ3v) is 5.21. The second-order valence-electron chi connectivity index (χ2n) is 6.94. The Hall–Kier alpha value is -2.68. The lowest BCUT2D eigenvalue weighted by atomic mass is 9.95. The summed E-state index contributed by atoms with van der Waals surface area (Å²) in [5.41, 5.74) is 7.40. The molecule has 1 heterocycles. The topological polar surface area (TPSA) is 111 Å². The highest BCUT2D eigenvalue weighted by Gasteiger charge is 2.36. The average Bonchev–Trinajstić information content (AvgIpc) is 3.09. The Morgan fingerprint density at radius 3 is 2.59 bits per heavy atom. The fourth-order valence-corrected chi connectivity index (χ4v) is 3.53. The second kappa shape index (κ2) is 9.69. The molecule has 3 atom stereocenters. The summed E-state index contributed by atoms with van der Waals surface area (Å²) >= 11 is 0. The summed E-state index contributed by atoms with van der Waals surface area (Å²) in [7, 11) is 1.43. The van der Waals surface area contributed by atoms with E-state index < -0.39 is 11.0 Å². The van der Waals surface area contributed by atoms with Crippen molar-refractivity contribution in [1.82, 2.24) is 4.90 Å². The van der Waals surface area contributed by atoms with E-state index in [4.69, 9.17) is 10.5 Å². The molecule has 0 aromatic heterocycles. The van der Waals surface area contributed by atoms with Crippen molar-refractivity contribution in [2.24, 2.45) is 5.73 Å². The van der Waals surface area contributed by atoms with Crippen LogP contribution in [0, 0.1) is 10.1 Å². The van der Waals surface area contributed by atoms with E-state index in [0.29, 0.717) is 18.8 Å². The lowest BCUT2D eigenvalue weighted by Crippen LogP contribution is -2.41. The van der Waals surface area contributed by atoms with E-state index in [0.717, 1.165) is 5.56 Å². The van der Waals surface area contributed by atoms with Crippen molar-refractivity contribution in [2.45, 2.75) is 24.9 Å². The van der Waals surface area contributed by atoms with Crippen LogP contribution in [0.3, 0.4) is 0 Å². The highest BCUT2D eigenvalue weighted by molar-refractivity contribution is 5.96. The molecule has 1 saturated heterocycles. The largest absolute Gasteiger partial charge is 0.496 e. The van der Waals surface area contributed by atoms with Crippen molar-refractivity contribution in [1.29, 1.82) is 0 Å². The summed E-state index contributed by atoms with van der Waals surface area (Å²) in [5.74, 6) is 0.190. The zero-order chi connectivity index (χ0) is 20.3. The summed E-state index contributed by atoms with van der Waals surface area (Å²) in [6, 6.07) is 13.8.